The lowest BCUT2D eigenvalue weighted by Gasteiger charge is -2.13. The van der Waals surface area contributed by atoms with Crippen molar-refractivity contribution in [1.29, 1.82) is 0 Å². The Labute approximate surface area is 107 Å². The quantitative estimate of drug-likeness (QED) is 0.620. The van der Waals surface area contributed by atoms with Crippen molar-refractivity contribution < 1.29 is 14.7 Å². The molecule has 0 aliphatic rings. The van der Waals surface area contributed by atoms with Gasteiger partial charge in [0.15, 0.2) is 0 Å². The second-order valence-corrected chi connectivity index (χ2v) is 5.19. The van der Waals surface area contributed by atoms with Crippen LogP contribution in [-0.4, -0.2) is 41.7 Å². The van der Waals surface area contributed by atoms with Crippen molar-refractivity contribution in [2.24, 2.45) is 5.92 Å². The second-order valence-electron chi connectivity index (χ2n) is 3.92. The number of carbonyl (C=O) groups excluding carboxylic acids is 1. The zero-order chi connectivity index (χ0) is 13.3. The van der Waals surface area contributed by atoms with Gasteiger partial charge in [0.25, 0.3) is 0 Å². The molecule has 0 radical (unpaired) electrons. The van der Waals surface area contributed by atoms with Gasteiger partial charge in [0.2, 0.25) is 0 Å². The molecule has 0 bridgehead atoms. The van der Waals surface area contributed by atoms with E-state index in [0.717, 1.165) is 6.42 Å². The van der Waals surface area contributed by atoms with Crippen LogP contribution in [0.2, 0.25) is 0 Å². The maximum atomic E-state index is 11.3. The second kappa shape index (κ2) is 9.15. The molecule has 0 aromatic rings. The summed E-state index contributed by atoms with van der Waals surface area (Å²) in [5.41, 5.74) is 0. The lowest BCUT2D eigenvalue weighted by atomic mass is 10.1. The highest BCUT2D eigenvalue weighted by atomic mass is 32.2. The van der Waals surface area contributed by atoms with Gasteiger partial charge in [0.1, 0.15) is 0 Å². The number of hydrogen-bond donors (Lipinski definition) is 3. The van der Waals surface area contributed by atoms with Crippen LogP contribution in [0.25, 0.3) is 0 Å². The molecule has 5 nitrogen and oxygen atoms in total. The minimum Gasteiger partial charge on any atom is -0.481 e. The molecule has 0 aromatic carbocycles. The average Bonchev–Trinajstić information content (AvgIpc) is 2.29. The first-order valence-corrected chi connectivity index (χ1v) is 7.07. The summed E-state index contributed by atoms with van der Waals surface area (Å²) in [6, 6.07) is -0.294. The fourth-order valence-corrected chi connectivity index (χ4v) is 1.55. The number of aliphatic carboxylic acids is 1. The van der Waals surface area contributed by atoms with Gasteiger partial charge in [-0.25, -0.2) is 4.79 Å². The molecule has 2 unspecified atom stereocenters. The van der Waals surface area contributed by atoms with Crippen LogP contribution in [0.1, 0.15) is 26.7 Å². The fourth-order valence-electron chi connectivity index (χ4n) is 1.19. The summed E-state index contributed by atoms with van der Waals surface area (Å²) in [5, 5.41) is 14.6. The summed E-state index contributed by atoms with van der Waals surface area (Å²) < 4.78 is 0. The van der Waals surface area contributed by atoms with Gasteiger partial charge >= 0.3 is 12.0 Å². The molecule has 0 spiro atoms. The van der Waals surface area contributed by atoms with Crippen LogP contribution in [0.4, 0.5) is 4.79 Å². The molecule has 2 amide bonds. The molecule has 17 heavy (non-hydrogen) atoms. The fraction of sp³-hybridized carbons (Fsp3) is 0.818. The van der Waals surface area contributed by atoms with Crippen LogP contribution in [0, 0.1) is 5.92 Å². The number of thioether (sulfide) groups is 1. The zero-order valence-corrected chi connectivity index (χ0v) is 11.5. The van der Waals surface area contributed by atoms with E-state index in [-0.39, 0.29) is 12.6 Å². The van der Waals surface area contributed by atoms with E-state index in [0.29, 0.717) is 18.2 Å². The molecule has 3 N–H and O–H groups in total. The third-order valence-electron chi connectivity index (χ3n) is 2.59. The third-order valence-corrected chi connectivity index (χ3v) is 3.63. The number of nitrogens with one attached hydrogen (secondary N) is 2. The highest BCUT2D eigenvalue weighted by Gasteiger charge is 2.15. The molecule has 6 heteroatoms. The Morgan fingerprint density at radius 1 is 1.35 bits per heavy atom. The summed E-state index contributed by atoms with van der Waals surface area (Å²) in [4.78, 5) is 22.0. The van der Waals surface area contributed by atoms with Gasteiger partial charge in [0, 0.05) is 18.3 Å². The van der Waals surface area contributed by atoms with Crippen molar-refractivity contribution in [2.45, 2.75) is 31.9 Å². The van der Waals surface area contributed by atoms with Crippen molar-refractivity contribution in [3.8, 4) is 0 Å². The van der Waals surface area contributed by atoms with E-state index in [1.165, 1.54) is 0 Å². The highest BCUT2D eigenvalue weighted by Crippen LogP contribution is 2.07. The highest BCUT2D eigenvalue weighted by molar-refractivity contribution is 7.99. The number of hydrogen-bond acceptors (Lipinski definition) is 3. The Kier molecular flexibility index (Phi) is 8.66. The largest absolute Gasteiger partial charge is 0.481 e. The predicted molar refractivity (Wildman–Crippen MR) is 70.4 cm³/mol. The Bertz CT molecular complexity index is 249. The van der Waals surface area contributed by atoms with Crippen LogP contribution >= 0.6 is 11.8 Å². The lowest BCUT2D eigenvalue weighted by molar-refractivity contribution is -0.141. The van der Waals surface area contributed by atoms with Crippen LogP contribution < -0.4 is 10.6 Å². The first-order chi connectivity index (χ1) is 8.01. The molecule has 100 valence electrons. The molecule has 0 heterocycles. The van der Waals surface area contributed by atoms with E-state index in [1.807, 2.05) is 6.26 Å². The normalized spacial score (nSPS) is 13.8. The molecular weight excluding hydrogens is 240 g/mol. The Morgan fingerprint density at radius 3 is 2.47 bits per heavy atom. The first-order valence-electron chi connectivity index (χ1n) is 5.78. The Balaban J connectivity index is 3.69. The monoisotopic (exact) mass is 262 g/mol. The van der Waals surface area contributed by atoms with Gasteiger partial charge in [-0.2, -0.15) is 11.8 Å². The summed E-state index contributed by atoms with van der Waals surface area (Å²) in [5.74, 6) is -1.38. The van der Waals surface area contributed by atoms with E-state index in [9.17, 15) is 9.59 Å². The number of urea groups is 1. The molecule has 0 saturated heterocycles. The zero-order valence-electron chi connectivity index (χ0n) is 10.7. The Hall–Kier alpha value is -0.910. The van der Waals surface area contributed by atoms with E-state index >= 15 is 0 Å². The van der Waals surface area contributed by atoms with E-state index in [4.69, 9.17) is 5.11 Å². The van der Waals surface area contributed by atoms with Crippen molar-refractivity contribution >= 4 is 23.8 Å². The number of carboxylic acids is 1. The number of rotatable bonds is 8. The lowest BCUT2D eigenvalue weighted by Crippen LogP contribution is -2.40. The average molecular weight is 262 g/mol. The smallest absolute Gasteiger partial charge is 0.314 e. The molecular formula is C11H22N2O3S. The van der Waals surface area contributed by atoms with Gasteiger partial charge in [-0.1, -0.05) is 13.8 Å². The molecule has 0 rings (SSSR count). The van der Waals surface area contributed by atoms with E-state index in [2.05, 4.69) is 17.6 Å². The SMILES string of the molecule is CCC(CNC(=O)NCCC(C)SC)C(=O)O. The van der Waals surface area contributed by atoms with Crippen LogP contribution in [-0.2, 0) is 4.79 Å². The van der Waals surface area contributed by atoms with Gasteiger partial charge in [-0.3, -0.25) is 4.79 Å². The Morgan fingerprint density at radius 2 is 2.00 bits per heavy atom. The molecule has 2 atom stereocenters. The number of carboxylic acid groups (broad SMARTS) is 1. The standard InChI is InChI=1S/C11H22N2O3S/c1-4-9(10(14)15)7-13-11(16)12-6-5-8(2)17-3/h8-9H,4-7H2,1-3H3,(H,14,15)(H2,12,13,16). The maximum absolute atomic E-state index is 11.3. The van der Waals surface area contributed by atoms with Crippen molar-refractivity contribution in [3.05, 3.63) is 0 Å². The van der Waals surface area contributed by atoms with E-state index < -0.39 is 11.9 Å². The number of carbonyl (C=O) groups is 2. The van der Waals surface area contributed by atoms with Crippen LogP contribution in [0.5, 0.6) is 0 Å². The predicted octanol–water partition coefficient (Wildman–Crippen LogP) is 1.54. The minimum atomic E-state index is -0.871. The van der Waals surface area contributed by atoms with Gasteiger partial charge in [-0.05, 0) is 19.1 Å². The summed E-state index contributed by atoms with van der Waals surface area (Å²) >= 11 is 1.75. The van der Waals surface area contributed by atoms with Gasteiger partial charge in [-0.15, -0.1) is 0 Å². The van der Waals surface area contributed by atoms with Crippen molar-refractivity contribution in [3.63, 3.8) is 0 Å². The minimum absolute atomic E-state index is 0.176. The summed E-state index contributed by atoms with van der Waals surface area (Å²) in [6.45, 7) is 4.67. The molecule has 0 aliphatic heterocycles. The van der Waals surface area contributed by atoms with Gasteiger partial charge in [0.05, 0.1) is 5.92 Å². The molecule has 0 aliphatic carbocycles. The van der Waals surface area contributed by atoms with Crippen LogP contribution in [0.3, 0.4) is 0 Å². The van der Waals surface area contributed by atoms with E-state index in [1.54, 1.807) is 18.7 Å². The third kappa shape index (κ3) is 7.90. The molecule has 0 fully saturated rings. The van der Waals surface area contributed by atoms with Crippen LogP contribution in [0.15, 0.2) is 0 Å². The maximum Gasteiger partial charge on any atom is 0.314 e. The first kappa shape index (κ1) is 16.1. The van der Waals surface area contributed by atoms with Crippen molar-refractivity contribution in [1.82, 2.24) is 10.6 Å². The summed E-state index contributed by atoms with van der Waals surface area (Å²) in [7, 11) is 0. The number of amides is 2. The topological polar surface area (TPSA) is 78.4 Å². The van der Waals surface area contributed by atoms with Gasteiger partial charge < -0.3 is 15.7 Å². The molecule has 0 saturated carbocycles. The van der Waals surface area contributed by atoms with Crippen molar-refractivity contribution in [2.75, 3.05) is 19.3 Å². The molecule has 0 aromatic heterocycles. The summed E-state index contributed by atoms with van der Waals surface area (Å²) in [6.07, 6.45) is 3.45.